The van der Waals surface area contributed by atoms with Gasteiger partial charge in [-0.15, -0.1) is 0 Å². The lowest BCUT2D eigenvalue weighted by atomic mass is 10.1. The Bertz CT molecular complexity index is 517. The van der Waals surface area contributed by atoms with Gasteiger partial charge >= 0.3 is 0 Å². The molecule has 1 fully saturated rings. The normalized spacial score (nSPS) is 20.8. The van der Waals surface area contributed by atoms with Crippen LogP contribution in [0.4, 0.5) is 0 Å². The summed E-state index contributed by atoms with van der Waals surface area (Å²) in [6.45, 7) is 0. The highest BCUT2D eigenvalue weighted by Gasteiger charge is 2.25. The van der Waals surface area contributed by atoms with Gasteiger partial charge in [-0.2, -0.15) is 5.10 Å². The number of hydrogen-bond acceptors (Lipinski definition) is 2. The lowest BCUT2D eigenvalue weighted by Crippen LogP contribution is -2.18. The number of fused-ring (bicyclic) bond motifs is 1. The van der Waals surface area contributed by atoms with Crippen LogP contribution < -0.4 is 5.32 Å². The number of aromatic amines is 1. The van der Waals surface area contributed by atoms with E-state index in [-0.39, 0.29) is 11.9 Å². The van der Waals surface area contributed by atoms with Crippen molar-refractivity contribution in [2.45, 2.75) is 18.9 Å². The first-order chi connectivity index (χ1) is 7.34. The molecule has 2 heterocycles. The summed E-state index contributed by atoms with van der Waals surface area (Å²) in [5.74, 6) is 0.124. The van der Waals surface area contributed by atoms with E-state index in [1.54, 1.807) is 0 Å². The minimum atomic E-state index is 0.102. The highest BCUT2D eigenvalue weighted by molar-refractivity contribution is 5.84. The van der Waals surface area contributed by atoms with Gasteiger partial charge < -0.3 is 5.32 Å². The predicted octanol–water partition coefficient (Wildman–Crippen LogP) is 1.51. The van der Waals surface area contributed by atoms with Gasteiger partial charge in [-0.1, -0.05) is 18.2 Å². The molecule has 0 spiro atoms. The summed E-state index contributed by atoms with van der Waals surface area (Å²) in [6, 6.07) is 8.04. The number of rotatable bonds is 1. The second-order valence-corrected chi connectivity index (χ2v) is 3.81. The van der Waals surface area contributed by atoms with Gasteiger partial charge in [0, 0.05) is 11.8 Å². The zero-order valence-corrected chi connectivity index (χ0v) is 8.16. The summed E-state index contributed by atoms with van der Waals surface area (Å²) in [7, 11) is 0. The maximum absolute atomic E-state index is 11.1. The van der Waals surface area contributed by atoms with E-state index in [2.05, 4.69) is 15.5 Å². The van der Waals surface area contributed by atoms with Crippen LogP contribution in [0.15, 0.2) is 24.3 Å². The quantitative estimate of drug-likeness (QED) is 0.734. The minimum Gasteiger partial charge on any atom is -0.348 e. The second kappa shape index (κ2) is 3.08. The van der Waals surface area contributed by atoms with E-state index in [4.69, 9.17) is 0 Å². The lowest BCUT2D eigenvalue weighted by molar-refractivity contribution is -0.119. The Labute approximate surface area is 86.7 Å². The van der Waals surface area contributed by atoms with Crippen molar-refractivity contribution in [3.8, 4) is 0 Å². The molecule has 76 valence electrons. The first kappa shape index (κ1) is 8.47. The minimum absolute atomic E-state index is 0.102. The summed E-state index contributed by atoms with van der Waals surface area (Å²) in [5, 5.41) is 11.3. The van der Waals surface area contributed by atoms with E-state index >= 15 is 0 Å². The summed E-state index contributed by atoms with van der Waals surface area (Å²) in [4.78, 5) is 11.1. The molecule has 0 aliphatic carbocycles. The van der Waals surface area contributed by atoms with Crippen molar-refractivity contribution in [1.82, 2.24) is 15.5 Å². The molecule has 1 aliphatic rings. The number of amides is 1. The van der Waals surface area contributed by atoms with Crippen LogP contribution in [0.3, 0.4) is 0 Å². The van der Waals surface area contributed by atoms with Gasteiger partial charge in [-0.3, -0.25) is 9.89 Å². The number of nitrogens with zero attached hydrogens (tertiary/aromatic N) is 1. The van der Waals surface area contributed by atoms with Crippen LogP contribution in [0.1, 0.15) is 24.6 Å². The molecule has 3 rings (SSSR count). The van der Waals surface area contributed by atoms with Crippen LogP contribution in [0.2, 0.25) is 0 Å². The number of nitrogens with one attached hydrogen (secondary N) is 2. The van der Waals surface area contributed by atoms with Crippen molar-refractivity contribution in [2.75, 3.05) is 0 Å². The molecule has 1 aliphatic heterocycles. The molecular formula is C11H11N3O. The van der Waals surface area contributed by atoms with Gasteiger partial charge in [0.15, 0.2) is 0 Å². The third-order valence-corrected chi connectivity index (χ3v) is 2.83. The average molecular weight is 201 g/mol. The molecule has 0 bridgehead atoms. The van der Waals surface area contributed by atoms with E-state index in [0.717, 1.165) is 23.0 Å². The molecule has 4 heteroatoms. The van der Waals surface area contributed by atoms with E-state index < -0.39 is 0 Å². The Morgan fingerprint density at radius 3 is 3.00 bits per heavy atom. The number of aromatic nitrogens is 2. The van der Waals surface area contributed by atoms with Crippen molar-refractivity contribution >= 4 is 16.8 Å². The largest absolute Gasteiger partial charge is 0.348 e. The van der Waals surface area contributed by atoms with Crippen molar-refractivity contribution in [3.63, 3.8) is 0 Å². The standard InChI is InChI=1S/C11H11N3O/c15-10-6-5-9(12-10)11-7-3-1-2-4-8(7)13-14-11/h1-4,9H,5-6H2,(H,12,15)(H,13,14). The zero-order valence-electron chi connectivity index (χ0n) is 8.16. The first-order valence-electron chi connectivity index (χ1n) is 5.07. The van der Waals surface area contributed by atoms with E-state index in [1.807, 2.05) is 24.3 Å². The Balaban J connectivity index is 2.07. The van der Waals surface area contributed by atoms with Crippen molar-refractivity contribution in [1.29, 1.82) is 0 Å². The van der Waals surface area contributed by atoms with Crippen molar-refractivity contribution in [3.05, 3.63) is 30.0 Å². The van der Waals surface area contributed by atoms with Gasteiger partial charge in [0.25, 0.3) is 0 Å². The Morgan fingerprint density at radius 2 is 2.20 bits per heavy atom. The molecule has 0 radical (unpaired) electrons. The van der Waals surface area contributed by atoms with Crippen LogP contribution in [-0.4, -0.2) is 16.1 Å². The van der Waals surface area contributed by atoms with Gasteiger partial charge in [-0.05, 0) is 12.5 Å². The van der Waals surface area contributed by atoms with E-state index in [0.29, 0.717) is 6.42 Å². The number of carbonyl (C=O) groups excluding carboxylic acids is 1. The van der Waals surface area contributed by atoms with Crippen LogP contribution in [0.25, 0.3) is 10.9 Å². The fraction of sp³-hybridized carbons (Fsp3) is 0.273. The monoisotopic (exact) mass is 201 g/mol. The SMILES string of the molecule is O=C1CCC(c2[nH]nc3ccccc23)N1. The van der Waals surface area contributed by atoms with Gasteiger partial charge in [0.2, 0.25) is 5.91 Å². The van der Waals surface area contributed by atoms with Crippen molar-refractivity contribution in [2.24, 2.45) is 0 Å². The third kappa shape index (κ3) is 1.29. The van der Waals surface area contributed by atoms with Crippen molar-refractivity contribution < 1.29 is 4.79 Å². The molecule has 1 amide bonds. The predicted molar refractivity (Wildman–Crippen MR) is 56.2 cm³/mol. The maximum atomic E-state index is 11.1. The molecule has 1 atom stereocenters. The topological polar surface area (TPSA) is 57.8 Å². The number of H-pyrrole nitrogens is 1. The van der Waals surface area contributed by atoms with Crippen LogP contribution in [-0.2, 0) is 4.79 Å². The summed E-state index contributed by atoms with van der Waals surface area (Å²) < 4.78 is 0. The van der Waals surface area contributed by atoms with Gasteiger partial charge in [0.05, 0.1) is 17.3 Å². The highest BCUT2D eigenvalue weighted by atomic mass is 16.1. The van der Waals surface area contributed by atoms with Gasteiger partial charge in [-0.25, -0.2) is 0 Å². The number of hydrogen-bond donors (Lipinski definition) is 2. The van der Waals surface area contributed by atoms with Crippen LogP contribution >= 0.6 is 0 Å². The smallest absolute Gasteiger partial charge is 0.220 e. The van der Waals surface area contributed by atoms with E-state index in [1.165, 1.54) is 0 Å². The fourth-order valence-corrected chi connectivity index (χ4v) is 2.08. The molecule has 15 heavy (non-hydrogen) atoms. The first-order valence-corrected chi connectivity index (χ1v) is 5.07. The zero-order chi connectivity index (χ0) is 10.3. The Hall–Kier alpha value is -1.84. The molecular weight excluding hydrogens is 190 g/mol. The Kier molecular flexibility index (Phi) is 1.74. The number of benzene rings is 1. The molecule has 4 nitrogen and oxygen atoms in total. The van der Waals surface area contributed by atoms with Crippen LogP contribution in [0.5, 0.6) is 0 Å². The molecule has 1 unspecified atom stereocenters. The summed E-state index contributed by atoms with van der Waals surface area (Å²) >= 11 is 0. The summed E-state index contributed by atoms with van der Waals surface area (Å²) in [5.41, 5.74) is 1.98. The fourth-order valence-electron chi connectivity index (χ4n) is 2.08. The number of para-hydroxylation sites is 1. The molecule has 2 N–H and O–H groups in total. The van der Waals surface area contributed by atoms with Crippen LogP contribution in [0, 0.1) is 0 Å². The molecule has 1 aromatic carbocycles. The highest BCUT2D eigenvalue weighted by Crippen LogP contribution is 2.27. The number of carbonyl (C=O) groups is 1. The van der Waals surface area contributed by atoms with E-state index in [9.17, 15) is 4.79 Å². The molecule has 1 aromatic heterocycles. The Morgan fingerprint density at radius 1 is 1.33 bits per heavy atom. The maximum Gasteiger partial charge on any atom is 0.220 e. The molecule has 0 saturated carbocycles. The summed E-state index contributed by atoms with van der Waals surface area (Å²) in [6.07, 6.45) is 1.46. The lowest BCUT2D eigenvalue weighted by Gasteiger charge is -2.07. The third-order valence-electron chi connectivity index (χ3n) is 2.83. The second-order valence-electron chi connectivity index (χ2n) is 3.81. The average Bonchev–Trinajstić information content (AvgIpc) is 2.83. The molecule has 2 aromatic rings. The van der Waals surface area contributed by atoms with Gasteiger partial charge in [0.1, 0.15) is 0 Å². The molecule has 1 saturated heterocycles.